The molecule has 0 unspecified atom stereocenters. The Morgan fingerprint density at radius 2 is 2.05 bits per heavy atom. The number of halogens is 2. The van der Waals surface area contributed by atoms with E-state index in [1.54, 1.807) is 4.90 Å². The van der Waals surface area contributed by atoms with Crippen molar-refractivity contribution >= 4 is 57.0 Å². The van der Waals surface area contributed by atoms with Crippen molar-refractivity contribution in [1.82, 2.24) is 9.80 Å². The number of anilines is 1. The summed E-state index contributed by atoms with van der Waals surface area (Å²) >= 11 is 14.7. The second-order valence-electron chi connectivity index (χ2n) is 4.19. The molecule has 1 aromatic carbocycles. The van der Waals surface area contributed by atoms with Crippen LogP contribution in [0.1, 0.15) is 0 Å². The predicted octanol–water partition coefficient (Wildman–Crippen LogP) is 2.57. The molecule has 2 rings (SSSR count). The van der Waals surface area contributed by atoms with Gasteiger partial charge in [0.1, 0.15) is 0 Å². The molecular weight excluding hydrogens is 350 g/mol. The number of hydrogen-bond acceptors (Lipinski definition) is 2. The van der Waals surface area contributed by atoms with Gasteiger partial charge in [-0.15, -0.1) is 0 Å². The van der Waals surface area contributed by atoms with Crippen molar-refractivity contribution < 1.29 is 4.79 Å². The summed E-state index contributed by atoms with van der Waals surface area (Å²) in [7, 11) is 0. The largest absolute Gasteiger partial charge is 0.345 e. The van der Waals surface area contributed by atoms with Crippen LogP contribution in [0.3, 0.4) is 0 Å². The second-order valence-corrected chi connectivity index (χ2v) is 5.84. The number of carbonyl (C=O) groups excluding carboxylic acids is 1. The monoisotopic (exact) mass is 361 g/mol. The highest BCUT2D eigenvalue weighted by Gasteiger charge is 2.17. The van der Waals surface area contributed by atoms with Crippen LogP contribution in [0.2, 0.25) is 5.02 Å². The van der Waals surface area contributed by atoms with Gasteiger partial charge in [-0.25, -0.2) is 0 Å². The molecule has 0 aromatic heterocycles. The van der Waals surface area contributed by atoms with Gasteiger partial charge in [0.2, 0.25) is 6.41 Å². The Labute approximate surface area is 130 Å². The number of benzene rings is 1. The molecule has 0 radical (unpaired) electrons. The fourth-order valence-corrected chi connectivity index (χ4v) is 2.53. The van der Waals surface area contributed by atoms with Gasteiger partial charge < -0.3 is 15.1 Å². The van der Waals surface area contributed by atoms with Crippen molar-refractivity contribution in [3.8, 4) is 0 Å². The van der Waals surface area contributed by atoms with Gasteiger partial charge in [0.25, 0.3) is 0 Å². The minimum absolute atomic E-state index is 0.638. The van der Waals surface area contributed by atoms with Gasteiger partial charge in [0.05, 0.1) is 5.02 Å². The average molecular weight is 363 g/mol. The summed E-state index contributed by atoms with van der Waals surface area (Å²) in [5.74, 6) is 0. The lowest BCUT2D eigenvalue weighted by atomic mass is 10.3. The number of nitrogens with zero attached hydrogens (tertiary/aromatic N) is 2. The van der Waals surface area contributed by atoms with Gasteiger partial charge in [-0.05, 0) is 46.3 Å². The Kier molecular flexibility index (Phi) is 5.01. The molecule has 1 aliphatic rings. The van der Waals surface area contributed by atoms with E-state index < -0.39 is 0 Å². The number of amides is 1. The Morgan fingerprint density at radius 1 is 1.37 bits per heavy atom. The molecule has 4 nitrogen and oxygen atoms in total. The lowest BCUT2D eigenvalue weighted by Gasteiger charge is -2.34. The lowest BCUT2D eigenvalue weighted by molar-refractivity contribution is -0.119. The van der Waals surface area contributed by atoms with E-state index in [1.165, 1.54) is 0 Å². The molecule has 0 saturated carbocycles. The van der Waals surface area contributed by atoms with Gasteiger partial charge in [-0.3, -0.25) is 4.79 Å². The van der Waals surface area contributed by atoms with Gasteiger partial charge >= 0.3 is 0 Å². The molecule has 1 heterocycles. The van der Waals surface area contributed by atoms with E-state index in [0.29, 0.717) is 23.2 Å². The van der Waals surface area contributed by atoms with Crippen molar-refractivity contribution in [2.75, 3.05) is 31.5 Å². The number of thiocarbonyl (C=S) groups is 1. The Balaban J connectivity index is 1.94. The van der Waals surface area contributed by atoms with Crippen LogP contribution in [0.5, 0.6) is 0 Å². The zero-order valence-electron chi connectivity index (χ0n) is 10.1. The second kappa shape index (κ2) is 6.54. The molecule has 0 aliphatic carbocycles. The Morgan fingerprint density at radius 3 is 2.63 bits per heavy atom. The first-order valence-electron chi connectivity index (χ1n) is 5.80. The SMILES string of the molecule is O=CN1CCN(C(=S)Nc2ccc(Br)c(Cl)c2)CC1. The van der Waals surface area contributed by atoms with Crippen LogP contribution >= 0.6 is 39.7 Å². The molecule has 1 amide bonds. The number of hydrogen-bond donors (Lipinski definition) is 1. The first-order chi connectivity index (χ1) is 9.10. The normalized spacial score (nSPS) is 15.3. The molecule has 0 bridgehead atoms. The van der Waals surface area contributed by atoms with Gasteiger partial charge in [-0.2, -0.15) is 0 Å². The van der Waals surface area contributed by atoms with Crippen molar-refractivity contribution in [3.05, 3.63) is 27.7 Å². The minimum atomic E-state index is 0.638. The van der Waals surface area contributed by atoms with E-state index in [9.17, 15) is 4.79 Å². The summed E-state index contributed by atoms with van der Waals surface area (Å²) < 4.78 is 0.852. The lowest BCUT2D eigenvalue weighted by Crippen LogP contribution is -2.49. The van der Waals surface area contributed by atoms with Crippen molar-refractivity contribution in [3.63, 3.8) is 0 Å². The third kappa shape index (κ3) is 3.81. The predicted molar refractivity (Wildman–Crippen MR) is 84.6 cm³/mol. The zero-order chi connectivity index (χ0) is 13.8. The van der Waals surface area contributed by atoms with Crippen LogP contribution in [0.25, 0.3) is 0 Å². The molecule has 1 aliphatic heterocycles. The Bertz CT molecular complexity index is 492. The van der Waals surface area contributed by atoms with Gasteiger partial charge in [0.15, 0.2) is 5.11 Å². The molecule has 7 heteroatoms. The summed E-state index contributed by atoms with van der Waals surface area (Å²) in [5, 5.41) is 4.45. The van der Waals surface area contributed by atoms with E-state index >= 15 is 0 Å². The van der Waals surface area contributed by atoms with Crippen molar-refractivity contribution in [2.24, 2.45) is 0 Å². The fourth-order valence-electron chi connectivity index (χ4n) is 1.81. The van der Waals surface area contributed by atoms with Gasteiger partial charge in [0, 0.05) is 36.3 Å². The van der Waals surface area contributed by atoms with Crippen LogP contribution in [-0.4, -0.2) is 47.5 Å². The zero-order valence-corrected chi connectivity index (χ0v) is 13.3. The smallest absolute Gasteiger partial charge is 0.209 e. The third-order valence-electron chi connectivity index (χ3n) is 2.92. The summed E-state index contributed by atoms with van der Waals surface area (Å²) in [4.78, 5) is 14.4. The minimum Gasteiger partial charge on any atom is -0.345 e. The molecule has 0 spiro atoms. The highest BCUT2D eigenvalue weighted by molar-refractivity contribution is 9.10. The van der Waals surface area contributed by atoms with Crippen LogP contribution in [-0.2, 0) is 4.79 Å². The third-order valence-corrected chi connectivity index (χ3v) is 4.51. The summed E-state index contributed by atoms with van der Waals surface area (Å²) in [5.41, 5.74) is 0.857. The van der Waals surface area contributed by atoms with Crippen LogP contribution in [0, 0.1) is 0 Å². The van der Waals surface area contributed by atoms with E-state index in [0.717, 1.165) is 29.7 Å². The summed E-state index contributed by atoms with van der Waals surface area (Å²) in [6, 6.07) is 5.60. The van der Waals surface area contributed by atoms with E-state index in [2.05, 4.69) is 21.2 Å². The number of rotatable bonds is 2. The van der Waals surface area contributed by atoms with Crippen LogP contribution < -0.4 is 5.32 Å². The molecule has 1 aromatic rings. The molecule has 102 valence electrons. The van der Waals surface area contributed by atoms with E-state index in [1.807, 2.05) is 23.1 Å². The number of nitrogens with one attached hydrogen (secondary N) is 1. The Hall–Kier alpha value is -0.850. The van der Waals surface area contributed by atoms with Crippen molar-refractivity contribution in [2.45, 2.75) is 0 Å². The first kappa shape index (κ1) is 14.6. The van der Waals surface area contributed by atoms with E-state index in [4.69, 9.17) is 23.8 Å². The van der Waals surface area contributed by atoms with Gasteiger partial charge in [-0.1, -0.05) is 11.6 Å². The quantitative estimate of drug-likeness (QED) is 0.648. The highest BCUT2D eigenvalue weighted by atomic mass is 79.9. The molecule has 19 heavy (non-hydrogen) atoms. The van der Waals surface area contributed by atoms with E-state index in [-0.39, 0.29) is 0 Å². The average Bonchev–Trinajstić information content (AvgIpc) is 2.43. The standard InChI is InChI=1S/C12H13BrClN3OS/c13-10-2-1-9(7-11(10)14)15-12(19)17-5-3-16(8-18)4-6-17/h1-2,7-8H,3-6H2,(H,15,19). The highest BCUT2D eigenvalue weighted by Crippen LogP contribution is 2.25. The number of piperazine rings is 1. The molecular formula is C12H13BrClN3OS. The van der Waals surface area contributed by atoms with Crippen molar-refractivity contribution in [1.29, 1.82) is 0 Å². The van der Waals surface area contributed by atoms with Crippen LogP contribution in [0.4, 0.5) is 5.69 Å². The molecule has 1 saturated heterocycles. The summed E-state index contributed by atoms with van der Waals surface area (Å²) in [6.07, 6.45) is 0.877. The molecule has 0 atom stereocenters. The molecule has 1 N–H and O–H groups in total. The number of carbonyl (C=O) groups is 1. The molecule has 1 fully saturated rings. The maximum absolute atomic E-state index is 10.6. The first-order valence-corrected chi connectivity index (χ1v) is 7.38. The van der Waals surface area contributed by atoms with Crippen LogP contribution in [0.15, 0.2) is 22.7 Å². The maximum atomic E-state index is 10.6. The maximum Gasteiger partial charge on any atom is 0.209 e. The fraction of sp³-hybridized carbons (Fsp3) is 0.333. The topological polar surface area (TPSA) is 35.6 Å². The summed E-state index contributed by atoms with van der Waals surface area (Å²) in [6.45, 7) is 2.89.